The van der Waals surface area contributed by atoms with Crippen molar-refractivity contribution in [3.05, 3.63) is 94.1 Å². The monoisotopic (exact) mass is 513 g/mol. The molecule has 168 valence electrons. The van der Waals surface area contributed by atoms with Crippen LogP contribution in [0.25, 0.3) is 6.08 Å². The number of benzene rings is 2. The molecule has 0 saturated carbocycles. The fourth-order valence-corrected chi connectivity index (χ4v) is 2.85. The molecule has 1 heterocycles. The molecular formula is C23H17BrFN3O5. The first-order chi connectivity index (χ1) is 15.9. The van der Waals surface area contributed by atoms with E-state index in [9.17, 15) is 18.8 Å². The number of amides is 2. The zero-order valence-electron chi connectivity index (χ0n) is 17.0. The highest BCUT2D eigenvalue weighted by Crippen LogP contribution is 2.22. The van der Waals surface area contributed by atoms with Gasteiger partial charge >= 0.3 is 5.97 Å². The summed E-state index contributed by atoms with van der Waals surface area (Å²) in [4.78, 5) is 36.0. The summed E-state index contributed by atoms with van der Waals surface area (Å²) in [6.45, 7) is -0.342. The lowest BCUT2D eigenvalue weighted by atomic mass is 10.2. The van der Waals surface area contributed by atoms with Crippen molar-refractivity contribution in [1.29, 1.82) is 0 Å². The molecule has 2 aromatic carbocycles. The van der Waals surface area contributed by atoms with E-state index >= 15 is 0 Å². The average molecular weight is 514 g/mol. The zero-order chi connectivity index (χ0) is 23.6. The standard InChI is InChI=1S/C23H17BrFN3O5/c24-17-5-9-20(33-22(30)10-8-19-2-1-11-32-19)16(12-17)13-27-28-21(29)14-26-23(31)15-3-6-18(25)7-4-15/h1-13H,14H2,(H,26,31)(H,28,29)/b10-8+,27-13-. The number of nitrogens with zero attached hydrogens (tertiary/aromatic N) is 1. The van der Waals surface area contributed by atoms with Gasteiger partial charge in [0.05, 0.1) is 19.0 Å². The van der Waals surface area contributed by atoms with Gasteiger partial charge in [-0.1, -0.05) is 15.9 Å². The number of hydrogen-bond acceptors (Lipinski definition) is 6. The highest BCUT2D eigenvalue weighted by molar-refractivity contribution is 9.10. The van der Waals surface area contributed by atoms with Crippen molar-refractivity contribution >= 4 is 46.0 Å². The van der Waals surface area contributed by atoms with E-state index in [1.165, 1.54) is 36.8 Å². The van der Waals surface area contributed by atoms with Crippen molar-refractivity contribution < 1.29 is 27.9 Å². The van der Waals surface area contributed by atoms with Crippen LogP contribution in [0.4, 0.5) is 4.39 Å². The summed E-state index contributed by atoms with van der Waals surface area (Å²) in [5, 5.41) is 6.23. The second kappa shape index (κ2) is 11.5. The molecule has 0 fully saturated rings. The maximum Gasteiger partial charge on any atom is 0.336 e. The van der Waals surface area contributed by atoms with Crippen LogP contribution in [0.5, 0.6) is 5.75 Å². The van der Waals surface area contributed by atoms with Crippen molar-refractivity contribution in [2.75, 3.05) is 6.54 Å². The molecule has 0 spiro atoms. The third-order valence-corrected chi connectivity index (χ3v) is 4.51. The van der Waals surface area contributed by atoms with Crippen LogP contribution in [0.1, 0.15) is 21.7 Å². The number of ether oxygens (including phenoxy) is 1. The summed E-state index contributed by atoms with van der Waals surface area (Å²) in [6.07, 6.45) is 5.46. The number of halogens is 2. The van der Waals surface area contributed by atoms with Crippen molar-refractivity contribution in [2.45, 2.75) is 0 Å². The predicted octanol–water partition coefficient (Wildman–Crippen LogP) is 3.68. The zero-order valence-corrected chi connectivity index (χ0v) is 18.5. The molecule has 3 aromatic rings. The molecule has 0 radical (unpaired) electrons. The Hall–Kier alpha value is -4.05. The summed E-state index contributed by atoms with van der Waals surface area (Å²) >= 11 is 3.32. The van der Waals surface area contributed by atoms with Gasteiger partial charge in [0, 0.05) is 21.7 Å². The lowest BCUT2D eigenvalue weighted by Crippen LogP contribution is -2.34. The lowest BCUT2D eigenvalue weighted by molar-refractivity contribution is -0.129. The van der Waals surface area contributed by atoms with Crippen LogP contribution in [0.3, 0.4) is 0 Å². The van der Waals surface area contributed by atoms with E-state index in [1.54, 1.807) is 30.3 Å². The Bertz CT molecular complexity index is 1190. The summed E-state index contributed by atoms with van der Waals surface area (Å²) in [6, 6.07) is 13.2. The molecule has 0 aliphatic carbocycles. The second-order valence-electron chi connectivity index (χ2n) is 6.43. The van der Waals surface area contributed by atoms with Gasteiger partial charge in [0.1, 0.15) is 17.3 Å². The van der Waals surface area contributed by atoms with Crippen molar-refractivity contribution in [3.63, 3.8) is 0 Å². The molecule has 0 aliphatic rings. The predicted molar refractivity (Wildman–Crippen MR) is 122 cm³/mol. The number of hydrazone groups is 1. The highest BCUT2D eigenvalue weighted by Gasteiger charge is 2.09. The molecule has 0 unspecified atom stereocenters. The molecule has 33 heavy (non-hydrogen) atoms. The molecule has 0 atom stereocenters. The fourth-order valence-electron chi connectivity index (χ4n) is 2.47. The largest absolute Gasteiger partial charge is 0.465 e. The highest BCUT2D eigenvalue weighted by atomic mass is 79.9. The van der Waals surface area contributed by atoms with E-state index in [0.29, 0.717) is 15.8 Å². The van der Waals surface area contributed by atoms with Gasteiger partial charge in [-0.3, -0.25) is 9.59 Å². The number of carbonyl (C=O) groups excluding carboxylic acids is 3. The fraction of sp³-hybridized carbons (Fsp3) is 0.0435. The molecular weight excluding hydrogens is 497 g/mol. The van der Waals surface area contributed by atoms with Gasteiger partial charge < -0.3 is 14.5 Å². The van der Waals surface area contributed by atoms with Crippen LogP contribution >= 0.6 is 15.9 Å². The molecule has 8 nitrogen and oxygen atoms in total. The van der Waals surface area contributed by atoms with Crippen LogP contribution < -0.4 is 15.5 Å². The number of furan rings is 1. The van der Waals surface area contributed by atoms with Gasteiger partial charge in [-0.2, -0.15) is 5.10 Å². The Morgan fingerprint density at radius 3 is 2.64 bits per heavy atom. The van der Waals surface area contributed by atoms with Crippen molar-refractivity contribution in [2.24, 2.45) is 5.10 Å². The number of carbonyl (C=O) groups is 3. The van der Waals surface area contributed by atoms with E-state index in [1.807, 2.05) is 0 Å². The number of nitrogens with one attached hydrogen (secondary N) is 2. The maximum atomic E-state index is 12.9. The Morgan fingerprint density at radius 2 is 1.91 bits per heavy atom. The minimum Gasteiger partial charge on any atom is -0.465 e. The Labute approximate surface area is 196 Å². The van der Waals surface area contributed by atoms with Gasteiger partial charge in [0.15, 0.2) is 0 Å². The van der Waals surface area contributed by atoms with Crippen molar-refractivity contribution in [3.8, 4) is 5.75 Å². The average Bonchev–Trinajstić information content (AvgIpc) is 3.32. The third-order valence-electron chi connectivity index (χ3n) is 4.02. The van der Waals surface area contributed by atoms with Gasteiger partial charge in [-0.25, -0.2) is 14.6 Å². The smallest absolute Gasteiger partial charge is 0.336 e. The van der Waals surface area contributed by atoms with Gasteiger partial charge in [-0.15, -0.1) is 0 Å². The van der Waals surface area contributed by atoms with Crippen molar-refractivity contribution in [1.82, 2.24) is 10.7 Å². The topological polar surface area (TPSA) is 110 Å². The molecule has 2 N–H and O–H groups in total. The first-order valence-electron chi connectivity index (χ1n) is 9.49. The molecule has 3 rings (SSSR count). The molecule has 0 bridgehead atoms. The molecule has 10 heteroatoms. The molecule has 2 amide bonds. The third kappa shape index (κ3) is 7.54. The van der Waals surface area contributed by atoms with Crippen LogP contribution in [0.15, 0.2) is 80.9 Å². The van der Waals surface area contributed by atoms with Gasteiger partial charge in [0.2, 0.25) is 0 Å². The number of esters is 1. The maximum absolute atomic E-state index is 12.9. The van der Waals surface area contributed by atoms with E-state index in [4.69, 9.17) is 9.15 Å². The van der Waals surface area contributed by atoms with E-state index < -0.39 is 23.6 Å². The van der Waals surface area contributed by atoms with E-state index in [-0.39, 0.29) is 17.9 Å². The summed E-state index contributed by atoms with van der Waals surface area (Å²) < 4.78 is 24.0. The Kier molecular flexibility index (Phi) is 8.25. The molecule has 1 aromatic heterocycles. The number of rotatable bonds is 8. The summed E-state index contributed by atoms with van der Waals surface area (Å²) in [7, 11) is 0. The minimum absolute atomic E-state index is 0.217. The molecule has 0 saturated heterocycles. The van der Waals surface area contributed by atoms with E-state index in [0.717, 1.165) is 12.1 Å². The quantitative estimate of drug-likeness (QED) is 0.157. The van der Waals surface area contributed by atoms with Crippen LogP contribution in [0, 0.1) is 5.82 Å². The summed E-state index contributed by atoms with van der Waals surface area (Å²) in [5.41, 5.74) is 2.90. The molecule has 0 aliphatic heterocycles. The SMILES string of the molecule is O=C(CNC(=O)c1ccc(F)cc1)N/N=C\c1cc(Br)ccc1OC(=O)/C=C/c1ccco1. The van der Waals surface area contributed by atoms with E-state index in [2.05, 4.69) is 31.8 Å². The van der Waals surface area contributed by atoms with Gasteiger partial charge in [0.25, 0.3) is 11.8 Å². The second-order valence-corrected chi connectivity index (χ2v) is 7.35. The minimum atomic E-state index is -0.629. The summed E-state index contributed by atoms with van der Waals surface area (Å²) in [5.74, 6) is -1.50. The lowest BCUT2D eigenvalue weighted by Gasteiger charge is -2.06. The number of hydrogen-bond donors (Lipinski definition) is 2. The van der Waals surface area contributed by atoms with Gasteiger partial charge in [-0.05, 0) is 60.7 Å². The Morgan fingerprint density at radius 1 is 1.12 bits per heavy atom. The first kappa shape index (κ1) is 23.6. The Balaban J connectivity index is 1.54. The van der Waals surface area contributed by atoms with Crippen LogP contribution in [0.2, 0.25) is 0 Å². The first-order valence-corrected chi connectivity index (χ1v) is 10.3. The van der Waals surface area contributed by atoms with Crippen LogP contribution in [-0.2, 0) is 9.59 Å². The van der Waals surface area contributed by atoms with Crippen LogP contribution in [-0.4, -0.2) is 30.5 Å². The normalized spacial score (nSPS) is 11.0.